The van der Waals surface area contributed by atoms with Gasteiger partial charge >= 0.3 is 0 Å². The number of anilines is 1. The van der Waals surface area contributed by atoms with Gasteiger partial charge in [0.25, 0.3) is 0 Å². The summed E-state index contributed by atoms with van der Waals surface area (Å²) in [5, 5.41) is 12.0. The van der Waals surface area contributed by atoms with Crippen molar-refractivity contribution >= 4 is 5.82 Å². The molecule has 0 aromatic carbocycles. The monoisotopic (exact) mass is 255 g/mol. The van der Waals surface area contributed by atoms with Gasteiger partial charge in [0, 0.05) is 31.9 Å². The van der Waals surface area contributed by atoms with Crippen LogP contribution in [0.25, 0.3) is 11.4 Å². The Kier molecular flexibility index (Phi) is 3.37. The fourth-order valence-electron chi connectivity index (χ4n) is 2.29. The number of aromatic nitrogens is 3. The summed E-state index contributed by atoms with van der Waals surface area (Å²) in [7, 11) is 0. The summed E-state index contributed by atoms with van der Waals surface area (Å²) < 4.78 is 0. The van der Waals surface area contributed by atoms with E-state index in [9.17, 15) is 0 Å². The first-order chi connectivity index (χ1) is 9.33. The van der Waals surface area contributed by atoms with E-state index in [2.05, 4.69) is 32.3 Å². The molecular weight excluding hydrogens is 238 g/mol. The fourth-order valence-corrected chi connectivity index (χ4v) is 2.29. The van der Waals surface area contributed by atoms with Crippen molar-refractivity contribution in [1.82, 2.24) is 20.5 Å². The summed E-state index contributed by atoms with van der Waals surface area (Å²) in [5.74, 6) is 0.938. The Hall–Kier alpha value is -2.01. The first-order valence-electron chi connectivity index (χ1n) is 6.56. The van der Waals surface area contributed by atoms with E-state index >= 15 is 0 Å². The molecule has 3 heterocycles. The van der Waals surface area contributed by atoms with Gasteiger partial charge in [-0.05, 0) is 31.2 Å². The Labute approximate surface area is 112 Å². The number of pyridine rings is 1. The van der Waals surface area contributed by atoms with Gasteiger partial charge in [-0.2, -0.15) is 0 Å². The maximum atomic E-state index is 4.32. The molecule has 0 spiro atoms. The number of hydrogen-bond donors (Lipinski definition) is 1. The van der Waals surface area contributed by atoms with Gasteiger partial charge in [0.2, 0.25) is 0 Å². The van der Waals surface area contributed by atoms with Crippen LogP contribution in [-0.4, -0.2) is 40.9 Å². The number of nitrogens with zero attached hydrogens (tertiary/aromatic N) is 4. The topological polar surface area (TPSA) is 53.9 Å². The molecule has 0 radical (unpaired) electrons. The first kappa shape index (κ1) is 12.0. The molecule has 5 nitrogen and oxygen atoms in total. The second-order valence-corrected chi connectivity index (χ2v) is 4.79. The van der Waals surface area contributed by atoms with E-state index in [1.165, 1.54) is 0 Å². The SMILES string of the molecule is CC1CN(c2ccc(-c3ccccn3)nn2)CCN1. The molecule has 5 heteroatoms. The maximum Gasteiger partial charge on any atom is 0.151 e. The molecular formula is C14H17N5. The van der Waals surface area contributed by atoms with E-state index in [0.717, 1.165) is 36.8 Å². The van der Waals surface area contributed by atoms with Crippen LogP contribution in [-0.2, 0) is 0 Å². The predicted molar refractivity (Wildman–Crippen MR) is 74.9 cm³/mol. The molecule has 19 heavy (non-hydrogen) atoms. The van der Waals surface area contributed by atoms with Gasteiger partial charge in [0.1, 0.15) is 5.69 Å². The third-order valence-electron chi connectivity index (χ3n) is 3.27. The minimum absolute atomic E-state index is 0.492. The van der Waals surface area contributed by atoms with Crippen molar-refractivity contribution in [1.29, 1.82) is 0 Å². The number of hydrogen-bond acceptors (Lipinski definition) is 5. The average molecular weight is 255 g/mol. The molecule has 1 N–H and O–H groups in total. The molecule has 2 aromatic heterocycles. The lowest BCUT2D eigenvalue weighted by Gasteiger charge is -2.32. The molecule has 1 saturated heterocycles. The van der Waals surface area contributed by atoms with Crippen molar-refractivity contribution in [3.05, 3.63) is 36.5 Å². The summed E-state index contributed by atoms with van der Waals surface area (Å²) >= 11 is 0. The highest BCUT2D eigenvalue weighted by atomic mass is 15.3. The molecule has 98 valence electrons. The molecule has 1 fully saturated rings. The molecule has 1 unspecified atom stereocenters. The van der Waals surface area contributed by atoms with E-state index in [1.807, 2.05) is 30.3 Å². The van der Waals surface area contributed by atoms with Crippen LogP contribution in [0, 0.1) is 0 Å². The van der Waals surface area contributed by atoms with Crippen LogP contribution in [0.4, 0.5) is 5.82 Å². The third-order valence-corrected chi connectivity index (χ3v) is 3.27. The summed E-state index contributed by atoms with van der Waals surface area (Å²) in [4.78, 5) is 6.54. The normalized spacial score (nSPS) is 19.4. The fraction of sp³-hybridized carbons (Fsp3) is 0.357. The van der Waals surface area contributed by atoms with E-state index in [4.69, 9.17) is 0 Å². The molecule has 0 amide bonds. The van der Waals surface area contributed by atoms with Gasteiger partial charge in [-0.1, -0.05) is 6.07 Å². The number of rotatable bonds is 2. The highest BCUT2D eigenvalue weighted by molar-refractivity contribution is 5.54. The van der Waals surface area contributed by atoms with Gasteiger partial charge in [-0.15, -0.1) is 10.2 Å². The highest BCUT2D eigenvalue weighted by Crippen LogP contribution is 2.17. The van der Waals surface area contributed by atoms with E-state index < -0.39 is 0 Å². The van der Waals surface area contributed by atoms with Crippen LogP contribution in [0.5, 0.6) is 0 Å². The Bertz CT molecular complexity index is 525. The lowest BCUT2D eigenvalue weighted by atomic mass is 10.2. The van der Waals surface area contributed by atoms with Crippen molar-refractivity contribution < 1.29 is 0 Å². The molecule has 0 aliphatic carbocycles. The number of nitrogens with one attached hydrogen (secondary N) is 1. The van der Waals surface area contributed by atoms with Crippen LogP contribution in [0.2, 0.25) is 0 Å². The predicted octanol–water partition coefficient (Wildman–Crippen LogP) is 1.34. The van der Waals surface area contributed by atoms with Crippen LogP contribution >= 0.6 is 0 Å². The van der Waals surface area contributed by atoms with Gasteiger partial charge < -0.3 is 10.2 Å². The summed E-state index contributed by atoms with van der Waals surface area (Å²) in [6.07, 6.45) is 1.77. The van der Waals surface area contributed by atoms with Crippen LogP contribution in [0.3, 0.4) is 0 Å². The molecule has 0 saturated carbocycles. The Balaban J connectivity index is 1.79. The minimum Gasteiger partial charge on any atom is -0.352 e. The largest absolute Gasteiger partial charge is 0.352 e. The van der Waals surface area contributed by atoms with Gasteiger partial charge in [-0.25, -0.2) is 0 Å². The van der Waals surface area contributed by atoms with Crippen LogP contribution in [0.1, 0.15) is 6.92 Å². The summed E-state index contributed by atoms with van der Waals surface area (Å²) in [6, 6.07) is 10.3. The Morgan fingerprint density at radius 2 is 2.11 bits per heavy atom. The second-order valence-electron chi connectivity index (χ2n) is 4.79. The van der Waals surface area contributed by atoms with E-state index in [1.54, 1.807) is 6.20 Å². The summed E-state index contributed by atoms with van der Waals surface area (Å²) in [5.41, 5.74) is 1.67. The Morgan fingerprint density at radius 1 is 1.16 bits per heavy atom. The van der Waals surface area contributed by atoms with Crippen molar-refractivity contribution in [2.24, 2.45) is 0 Å². The zero-order valence-electron chi connectivity index (χ0n) is 11.0. The van der Waals surface area contributed by atoms with Gasteiger partial charge in [-0.3, -0.25) is 4.98 Å². The maximum absolute atomic E-state index is 4.32. The molecule has 2 aromatic rings. The molecule has 3 rings (SSSR count). The van der Waals surface area contributed by atoms with Crippen molar-refractivity contribution in [3.63, 3.8) is 0 Å². The van der Waals surface area contributed by atoms with E-state index in [-0.39, 0.29) is 0 Å². The van der Waals surface area contributed by atoms with Crippen LogP contribution < -0.4 is 10.2 Å². The van der Waals surface area contributed by atoms with Crippen molar-refractivity contribution in [2.45, 2.75) is 13.0 Å². The molecule has 0 bridgehead atoms. The smallest absolute Gasteiger partial charge is 0.151 e. The zero-order valence-corrected chi connectivity index (χ0v) is 11.0. The first-order valence-corrected chi connectivity index (χ1v) is 6.56. The van der Waals surface area contributed by atoms with Gasteiger partial charge in [0.05, 0.1) is 5.69 Å². The molecule has 1 atom stereocenters. The molecule has 1 aliphatic rings. The zero-order chi connectivity index (χ0) is 13.1. The standard InChI is InChI=1S/C14H17N5/c1-11-10-19(9-8-15-11)14-6-5-13(17-18-14)12-4-2-3-7-16-12/h2-7,11,15H,8-10H2,1H3. The highest BCUT2D eigenvalue weighted by Gasteiger charge is 2.17. The Morgan fingerprint density at radius 3 is 2.79 bits per heavy atom. The summed E-state index contributed by atoms with van der Waals surface area (Å²) in [6.45, 7) is 5.12. The number of piperazine rings is 1. The van der Waals surface area contributed by atoms with Crippen molar-refractivity contribution in [2.75, 3.05) is 24.5 Å². The van der Waals surface area contributed by atoms with E-state index in [0.29, 0.717) is 6.04 Å². The quantitative estimate of drug-likeness (QED) is 0.877. The molecule has 1 aliphatic heterocycles. The minimum atomic E-state index is 0.492. The second kappa shape index (κ2) is 5.32. The van der Waals surface area contributed by atoms with Crippen molar-refractivity contribution in [3.8, 4) is 11.4 Å². The van der Waals surface area contributed by atoms with Gasteiger partial charge in [0.15, 0.2) is 5.82 Å². The average Bonchev–Trinajstić information content (AvgIpc) is 2.48. The lowest BCUT2D eigenvalue weighted by Crippen LogP contribution is -2.49. The lowest BCUT2D eigenvalue weighted by molar-refractivity contribution is 0.481. The van der Waals surface area contributed by atoms with Crippen LogP contribution in [0.15, 0.2) is 36.5 Å². The third kappa shape index (κ3) is 2.71.